The van der Waals surface area contributed by atoms with Gasteiger partial charge in [0.25, 0.3) is 5.91 Å². The fraction of sp³-hybridized carbons (Fsp3) is 0.143. The van der Waals surface area contributed by atoms with Gasteiger partial charge in [0.1, 0.15) is 5.69 Å². The second kappa shape index (κ2) is 7.48. The first kappa shape index (κ1) is 17.7. The van der Waals surface area contributed by atoms with Crippen molar-refractivity contribution in [1.82, 2.24) is 24.5 Å². The van der Waals surface area contributed by atoms with Crippen LogP contribution < -0.4 is 5.73 Å². The van der Waals surface area contributed by atoms with Crippen molar-refractivity contribution in [3.05, 3.63) is 78.1 Å². The maximum atomic E-state index is 12.8. The van der Waals surface area contributed by atoms with Gasteiger partial charge in [0.15, 0.2) is 5.65 Å². The molecule has 0 saturated carbocycles. The maximum absolute atomic E-state index is 12.8. The first-order chi connectivity index (χ1) is 13.6. The number of likely N-dealkylation sites (N-methyl/N-ethyl adjacent to an activating group) is 1. The molecule has 140 valence electrons. The van der Waals surface area contributed by atoms with Gasteiger partial charge >= 0.3 is 0 Å². The minimum absolute atomic E-state index is 0.112. The predicted molar refractivity (Wildman–Crippen MR) is 108 cm³/mol. The second-order valence-corrected chi connectivity index (χ2v) is 6.56. The summed E-state index contributed by atoms with van der Waals surface area (Å²) in [7, 11) is 1.78. The third-order valence-corrected chi connectivity index (χ3v) is 4.53. The summed E-state index contributed by atoms with van der Waals surface area (Å²) in [5, 5.41) is 4.43. The number of carbonyl (C=O) groups is 1. The number of hydrogen-bond donors (Lipinski definition) is 1. The summed E-state index contributed by atoms with van der Waals surface area (Å²) in [6, 6.07) is 17.2. The Morgan fingerprint density at radius 1 is 1.14 bits per heavy atom. The molecular weight excluding hydrogens is 352 g/mol. The van der Waals surface area contributed by atoms with Gasteiger partial charge in [0.2, 0.25) is 5.82 Å². The Morgan fingerprint density at radius 2 is 1.93 bits per heavy atom. The summed E-state index contributed by atoms with van der Waals surface area (Å²) in [5.41, 5.74) is 9.35. The van der Waals surface area contributed by atoms with E-state index in [0.29, 0.717) is 35.0 Å². The molecule has 7 nitrogen and oxygen atoms in total. The molecule has 7 heteroatoms. The van der Waals surface area contributed by atoms with Crippen LogP contribution in [0.5, 0.6) is 0 Å². The van der Waals surface area contributed by atoms with E-state index in [1.54, 1.807) is 30.4 Å². The number of anilines is 1. The lowest BCUT2D eigenvalue weighted by molar-refractivity contribution is 0.0796. The number of carbonyl (C=O) groups excluding carboxylic acids is 1. The van der Waals surface area contributed by atoms with Gasteiger partial charge < -0.3 is 10.6 Å². The summed E-state index contributed by atoms with van der Waals surface area (Å²) in [4.78, 5) is 23.2. The summed E-state index contributed by atoms with van der Waals surface area (Å²) in [6.07, 6.45) is 4.13. The van der Waals surface area contributed by atoms with Crippen molar-refractivity contribution in [1.29, 1.82) is 0 Å². The minimum Gasteiger partial charge on any atom is -0.396 e. The van der Waals surface area contributed by atoms with Gasteiger partial charge in [-0.15, -0.1) is 5.10 Å². The molecule has 0 saturated heterocycles. The van der Waals surface area contributed by atoms with Crippen LogP contribution >= 0.6 is 0 Å². The SMILES string of the molecule is CN(CCc1ccccc1)C(=O)c1cc(N)c2nc(-c3ccccn3)nn2c1. The molecule has 1 aromatic carbocycles. The number of amides is 1. The quantitative estimate of drug-likeness (QED) is 0.582. The zero-order valence-corrected chi connectivity index (χ0v) is 15.5. The van der Waals surface area contributed by atoms with Crippen LogP contribution in [0.4, 0.5) is 5.69 Å². The number of hydrogen-bond acceptors (Lipinski definition) is 5. The molecule has 3 aromatic heterocycles. The number of aromatic nitrogens is 4. The first-order valence-electron chi connectivity index (χ1n) is 8.98. The molecule has 0 bridgehead atoms. The molecule has 1 amide bonds. The average Bonchev–Trinajstić information content (AvgIpc) is 3.18. The normalized spacial score (nSPS) is 10.9. The highest BCUT2D eigenvalue weighted by molar-refractivity contribution is 5.95. The molecule has 0 spiro atoms. The topological polar surface area (TPSA) is 89.4 Å². The van der Waals surface area contributed by atoms with Crippen LogP contribution in [0.2, 0.25) is 0 Å². The highest BCUT2D eigenvalue weighted by atomic mass is 16.2. The number of fused-ring (bicyclic) bond motifs is 1. The Kier molecular flexibility index (Phi) is 4.72. The molecule has 0 aliphatic carbocycles. The molecular formula is C21H20N6O. The number of benzene rings is 1. The fourth-order valence-electron chi connectivity index (χ4n) is 3.00. The standard InChI is InChI=1S/C21H20N6O/c1-26(12-10-15-7-3-2-4-8-15)21(28)16-13-17(22)20-24-19(25-27(20)14-16)18-9-5-6-11-23-18/h2-9,11,13-14H,10,12,22H2,1H3. The Balaban J connectivity index is 1.57. The van der Waals surface area contributed by atoms with Gasteiger partial charge in [-0.2, -0.15) is 0 Å². The van der Waals surface area contributed by atoms with E-state index in [1.165, 1.54) is 10.1 Å². The summed E-state index contributed by atoms with van der Waals surface area (Å²) in [6.45, 7) is 0.608. The fourth-order valence-corrected chi connectivity index (χ4v) is 3.00. The van der Waals surface area contributed by atoms with Gasteiger partial charge in [-0.3, -0.25) is 9.78 Å². The van der Waals surface area contributed by atoms with Crippen molar-refractivity contribution in [2.75, 3.05) is 19.3 Å². The van der Waals surface area contributed by atoms with Crippen molar-refractivity contribution >= 4 is 17.2 Å². The van der Waals surface area contributed by atoms with Crippen LogP contribution in [0, 0.1) is 0 Å². The van der Waals surface area contributed by atoms with Crippen LogP contribution in [-0.4, -0.2) is 44.0 Å². The van der Waals surface area contributed by atoms with Crippen LogP contribution in [0.1, 0.15) is 15.9 Å². The van der Waals surface area contributed by atoms with Gasteiger partial charge in [-0.1, -0.05) is 36.4 Å². The molecule has 0 radical (unpaired) electrons. The van der Waals surface area contributed by atoms with E-state index in [0.717, 1.165) is 6.42 Å². The van der Waals surface area contributed by atoms with Crippen molar-refractivity contribution < 1.29 is 4.79 Å². The van der Waals surface area contributed by atoms with Crippen molar-refractivity contribution in [3.8, 4) is 11.5 Å². The summed E-state index contributed by atoms with van der Waals surface area (Å²) in [5.74, 6) is 0.355. The average molecular weight is 372 g/mol. The van der Waals surface area contributed by atoms with E-state index in [2.05, 4.69) is 27.2 Å². The van der Waals surface area contributed by atoms with E-state index < -0.39 is 0 Å². The molecule has 0 aliphatic heterocycles. The molecule has 0 unspecified atom stereocenters. The smallest absolute Gasteiger partial charge is 0.255 e. The van der Waals surface area contributed by atoms with E-state index in [9.17, 15) is 4.79 Å². The van der Waals surface area contributed by atoms with Gasteiger partial charge in [0, 0.05) is 26.0 Å². The van der Waals surface area contributed by atoms with E-state index in [-0.39, 0.29) is 5.91 Å². The number of rotatable bonds is 5. The zero-order valence-electron chi connectivity index (χ0n) is 15.5. The zero-order chi connectivity index (χ0) is 19.5. The van der Waals surface area contributed by atoms with Crippen LogP contribution in [0.25, 0.3) is 17.2 Å². The lowest BCUT2D eigenvalue weighted by atomic mass is 10.1. The molecule has 28 heavy (non-hydrogen) atoms. The molecule has 0 atom stereocenters. The Hall–Kier alpha value is -3.74. The van der Waals surface area contributed by atoms with E-state index in [1.807, 2.05) is 36.4 Å². The first-order valence-corrected chi connectivity index (χ1v) is 8.98. The summed E-state index contributed by atoms with van der Waals surface area (Å²) < 4.78 is 1.54. The van der Waals surface area contributed by atoms with Crippen molar-refractivity contribution in [2.45, 2.75) is 6.42 Å². The third kappa shape index (κ3) is 3.55. The van der Waals surface area contributed by atoms with Gasteiger partial charge in [-0.05, 0) is 30.2 Å². The summed E-state index contributed by atoms with van der Waals surface area (Å²) >= 11 is 0. The largest absolute Gasteiger partial charge is 0.396 e. The minimum atomic E-state index is -0.112. The lowest BCUT2D eigenvalue weighted by Crippen LogP contribution is -2.29. The van der Waals surface area contributed by atoms with Crippen molar-refractivity contribution in [2.24, 2.45) is 0 Å². The van der Waals surface area contributed by atoms with E-state index in [4.69, 9.17) is 5.73 Å². The van der Waals surface area contributed by atoms with Crippen molar-refractivity contribution in [3.63, 3.8) is 0 Å². The second-order valence-electron chi connectivity index (χ2n) is 6.56. The molecule has 0 fully saturated rings. The molecule has 0 aliphatic rings. The molecule has 4 aromatic rings. The van der Waals surface area contributed by atoms with Crippen LogP contribution in [0.3, 0.4) is 0 Å². The molecule has 3 heterocycles. The Labute approximate surface area is 162 Å². The highest BCUT2D eigenvalue weighted by Crippen LogP contribution is 2.19. The molecule has 4 rings (SSSR count). The van der Waals surface area contributed by atoms with E-state index >= 15 is 0 Å². The highest BCUT2D eigenvalue weighted by Gasteiger charge is 2.16. The number of nitrogens with two attached hydrogens (primary N) is 1. The van der Waals surface area contributed by atoms with Gasteiger partial charge in [-0.25, -0.2) is 9.50 Å². The maximum Gasteiger partial charge on any atom is 0.255 e. The number of pyridine rings is 2. The Bertz CT molecular complexity index is 1110. The number of nitrogens with zero attached hydrogens (tertiary/aromatic N) is 5. The number of nitrogen functional groups attached to an aromatic ring is 1. The Morgan fingerprint density at radius 3 is 2.68 bits per heavy atom. The predicted octanol–water partition coefficient (Wildman–Crippen LogP) is 2.69. The van der Waals surface area contributed by atoms with Crippen LogP contribution in [-0.2, 0) is 6.42 Å². The molecule has 2 N–H and O–H groups in total. The monoisotopic (exact) mass is 372 g/mol. The van der Waals surface area contributed by atoms with Gasteiger partial charge in [0.05, 0.1) is 11.3 Å². The van der Waals surface area contributed by atoms with Crippen LogP contribution in [0.15, 0.2) is 67.0 Å². The lowest BCUT2D eigenvalue weighted by Gasteiger charge is -2.17. The third-order valence-electron chi connectivity index (χ3n) is 4.53.